The van der Waals surface area contributed by atoms with Gasteiger partial charge in [0.2, 0.25) is 15.9 Å². The van der Waals surface area contributed by atoms with E-state index in [9.17, 15) is 35.2 Å². The molecule has 1 heterocycles. The fraction of sp³-hybridized carbons (Fsp3) is 0.567. The lowest BCUT2D eigenvalue weighted by Crippen LogP contribution is -2.41. The summed E-state index contributed by atoms with van der Waals surface area (Å²) in [4.78, 5) is 13.8. The van der Waals surface area contributed by atoms with Gasteiger partial charge in [-0.05, 0) is 71.1 Å². The zero-order valence-electron chi connectivity index (χ0n) is 24.7. The Morgan fingerprint density at radius 2 is 1.65 bits per heavy atom. The third-order valence-electron chi connectivity index (χ3n) is 7.53. The van der Waals surface area contributed by atoms with E-state index in [2.05, 4.69) is 0 Å². The van der Waals surface area contributed by atoms with Gasteiger partial charge in [0.25, 0.3) is 0 Å². The Labute approximate surface area is 249 Å². The average molecular weight is 633 g/mol. The van der Waals surface area contributed by atoms with Crippen LogP contribution in [0.5, 0.6) is 5.75 Å². The van der Waals surface area contributed by atoms with Crippen molar-refractivity contribution in [3.8, 4) is 5.75 Å². The molecule has 0 radical (unpaired) electrons. The maximum atomic E-state index is 14.5. The number of esters is 1. The van der Waals surface area contributed by atoms with Gasteiger partial charge in [-0.2, -0.15) is 17.5 Å². The third kappa shape index (κ3) is 7.97. The number of fused-ring (bicyclic) bond motifs is 1. The number of alkyl halides is 5. The number of anilines is 2. The zero-order chi connectivity index (χ0) is 32.0. The first-order chi connectivity index (χ1) is 19.8. The summed E-state index contributed by atoms with van der Waals surface area (Å²) in [5, 5.41) is 0. The van der Waals surface area contributed by atoms with Crippen molar-refractivity contribution in [1.82, 2.24) is 4.31 Å². The number of nitrogens with zero attached hydrogens (tertiary/aromatic N) is 2. The number of carbonyl (C=O) groups is 1. The number of likely N-dealkylation sites (N-methyl/N-ethyl adjacent to an activating group) is 1. The second-order valence-corrected chi connectivity index (χ2v) is 14.3. The van der Waals surface area contributed by atoms with Crippen LogP contribution in [0, 0.1) is 11.8 Å². The van der Waals surface area contributed by atoms with Crippen molar-refractivity contribution < 1.29 is 44.6 Å². The highest BCUT2D eigenvalue weighted by Crippen LogP contribution is 2.46. The predicted molar refractivity (Wildman–Crippen MR) is 151 cm³/mol. The quantitative estimate of drug-likeness (QED) is 0.218. The minimum Gasteiger partial charge on any atom is -0.492 e. The minimum atomic E-state index is -4.95. The summed E-state index contributed by atoms with van der Waals surface area (Å²) < 4.78 is 111. The number of para-hydroxylation sites is 1. The molecule has 4 rings (SSSR count). The molecule has 238 valence electrons. The predicted octanol–water partition coefficient (Wildman–Crippen LogP) is 7.03. The van der Waals surface area contributed by atoms with Crippen LogP contribution in [0.3, 0.4) is 0 Å². The van der Waals surface area contributed by atoms with E-state index in [1.807, 2.05) is 0 Å². The molecule has 2 aliphatic rings. The van der Waals surface area contributed by atoms with Crippen LogP contribution in [-0.2, 0) is 25.7 Å². The van der Waals surface area contributed by atoms with Gasteiger partial charge < -0.3 is 14.4 Å². The Kier molecular flexibility index (Phi) is 9.10. The molecule has 0 aromatic heterocycles. The Morgan fingerprint density at radius 3 is 2.19 bits per heavy atom. The Bertz CT molecular complexity index is 1420. The summed E-state index contributed by atoms with van der Waals surface area (Å²) in [6.45, 7) is 5.17. The third-order valence-corrected chi connectivity index (χ3v) is 9.46. The van der Waals surface area contributed by atoms with Crippen molar-refractivity contribution in [1.29, 1.82) is 0 Å². The highest BCUT2D eigenvalue weighted by molar-refractivity contribution is 7.89. The van der Waals surface area contributed by atoms with E-state index < -0.39 is 74.9 Å². The molecule has 0 bridgehead atoms. The first-order valence-corrected chi connectivity index (χ1v) is 15.5. The van der Waals surface area contributed by atoms with Crippen molar-refractivity contribution in [2.45, 2.75) is 82.0 Å². The molecule has 1 saturated carbocycles. The van der Waals surface area contributed by atoms with E-state index in [1.165, 1.54) is 11.9 Å². The van der Waals surface area contributed by atoms with Crippen molar-refractivity contribution in [2.75, 3.05) is 25.1 Å². The van der Waals surface area contributed by atoms with Crippen LogP contribution in [0.25, 0.3) is 0 Å². The molecule has 7 nitrogen and oxygen atoms in total. The lowest BCUT2D eigenvalue weighted by molar-refractivity contribution is -0.162. The molecule has 0 spiro atoms. The van der Waals surface area contributed by atoms with Crippen LogP contribution in [0.1, 0.15) is 58.9 Å². The molecule has 0 unspecified atom stereocenters. The molecule has 0 amide bonds. The molecule has 2 aromatic carbocycles. The summed E-state index contributed by atoms with van der Waals surface area (Å²) in [5.41, 5.74) is -1.90. The van der Waals surface area contributed by atoms with Gasteiger partial charge in [0, 0.05) is 37.8 Å². The van der Waals surface area contributed by atoms with Crippen LogP contribution in [0.2, 0.25) is 0 Å². The molecular weight excluding hydrogens is 595 g/mol. The van der Waals surface area contributed by atoms with E-state index in [-0.39, 0.29) is 24.6 Å². The van der Waals surface area contributed by atoms with Gasteiger partial charge in [0.15, 0.2) is 0 Å². The maximum Gasteiger partial charge on any atom is 0.420 e. The average Bonchev–Trinajstić information content (AvgIpc) is 3.72. The number of sulfonamides is 1. The Morgan fingerprint density at radius 1 is 1.02 bits per heavy atom. The van der Waals surface area contributed by atoms with Gasteiger partial charge in [-0.15, -0.1) is 0 Å². The van der Waals surface area contributed by atoms with Crippen molar-refractivity contribution in [2.24, 2.45) is 11.8 Å². The number of halogens is 5. The second kappa shape index (κ2) is 11.9. The summed E-state index contributed by atoms with van der Waals surface area (Å²) in [7, 11) is -3.24. The second-order valence-electron chi connectivity index (χ2n) is 12.3. The van der Waals surface area contributed by atoms with E-state index in [0.29, 0.717) is 18.5 Å². The molecule has 0 N–H and O–H groups in total. The minimum absolute atomic E-state index is 0.120. The van der Waals surface area contributed by atoms with Gasteiger partial charge in [0.05, 0.1) is 17.2 Å². The molecule has 0 saturated heterocycles. The molecule has 1 fully saturated rings. The van der Waals surface area contributed by atoms with Crippen molar-refractivity contribution in [3.05, 3.63) is 48.0 Å². The number of rotatable bonds is 9. The van der Waals surface area contributed by atoms with Crippen LogP contribution in [0.15, 0.2) is 47.4 Å². The van der Waals surface area contributed by atoms with Gasteiger partial charge in [-0.3, -0.25) is 4.79 Å². The number of ether oxygens (including phenoxy) is 2. The van der Waals surface area contributed by atoms with E-state index in [1.54, 1.807) is 51.1 Å². The summed E-state index contributed by atoms with van der Waals surface area (Å²) in [6.07, 6.45) is -4.42. The largest absolute Gasteiger partial charge is 0.492 e. The summed E-state index contributed by atoms with van der Waals surface area (Å²) >= 11 is 0. The lowest BCUT2D eigenvalue weighted by atomic mass is 10.0. The van der Waals surface area contributed by atoms with Crippen molar-refractivity contribution in [3.63, 3.8) is 0 Å². The normalized spacial score (nSPS) is 20.2. The highest BCUT2D eigenvalue weighted by atomic mass is 32.2. The first kappa shape index (κ1) is 33.0. The lowest BCUT2D eigenvalue weighted by Gasteiger charge is -2.30. The Balaban J connectivity index is 1.81. The van der Waals surface area contributed by atoms with E-state index >= 15 is 0 Å². The summed E-state index contributed by atoms with van der Waals surface area (Å²) in [5.74, 6) is -5.37. The molecule has 2 aromatic rings. The Hall–Kier alpha value is -2.93. The number of hydrogen-bond donors (Lipinski definition) is 0. The molecule has 1 aliphatic carbocycles. The molecule has 1 aliphatic heterocycles. The SMILES string of the molecule is CN1[C@H](CCC(C)(F)F)CN(c2ccccc2)c2cc(C(F)(F)F)c(OC[C@H](C(=O)OC(C)(C)C)C3CC3)cc2S1(=O)=O. The fourth-order valence-corrected chi connectivity index (χ4v) is 6.65. The van der Waals surface area contributed by atoms with Gasteiger partial charge in [-0.25, -0.2) is 17.2 Å². The number of benzene rings is 2. The number of hydrogen-bond acceptors (Lipinski definition) is 6. The van der Waals surface area contributed by atoms with Gasteiger partial charge in [-0.1, -0.05) is 18.2 Å². The highest BCUT2D eigenvalue weighted by Gasteiger charge is 2.44. The monoisotopic (exact) mass is 632 g/mol. The van der Waals surface area contributed by atoms with Crippen LogP contribution >= 0.6 is 0 Å². The van der Waals surface area contributed by atoms with E-state index in [0.717, 1.165) is 23.4 Å². The zero-order valence-corrected chi connectivity index (χ0v) is 25.6. The number of carbonyl (C=O) groups excluding carboxylic acids is 1. The van der Waals surface area contributed by atoms with Crippen LogP contribution in [-0.4, -0.2) is 56.5 Å². The molecular formula is C30H37F5N2O5S. The van der Waals surface area contributed by atoms with Crippen LogP contribution in [0.4, 0.5) is 33.3 Å². The topological polar surface area (TPSA) is 76.2 Å². The maximum absolute atomic E-state index is 14.5. The summed E-state index contributed by atoms with van der Waals surface area (Å²) in [6, 6.07) is 8.76. The smallest absolute Gasteiger partial charge is 0.420 e. The van der Waals surface area contributed by atoms with Gasteiger partial charge in [0.1, 0.15) is 22.9 Å². The van der Waals surface area contributed by atoms with Crippen LogP contribution < -0.4 is 9.64 Å². The standard InChI is InChI=1S/C30H37F5N2O5S/c1-28(2,3)42-27(38)22(19-11-12-19)18-41-25-16-26-24(15-23(25)30(33,34)35)37(20-9-7-6-8-10-20)17-21(13-14-29(4,31)32)36(5)43(26,39)40/h6-10,15-16,19,21-22H,11-14,17-18H2,1-5H3/t21-,22+/m1/s1. The molecule has 2 atom stereocenters. The van der Waals surface area contributed by atoms with Crippen molar-refractivity contribution >= 4 is 27.4 Å². The van der Waals surface area contributed by atoms with E-state index in [4.69, 9.17) is 9.47 Å². The molecule has 13 heteroatoms. The fourth-order valence-electron chi connectivity index (χ4n) is 5.08. The molecule has 43 heavy (non-hydrogen) atoms. The van der Waals surface area contributed by atoms with Gasteiger partial charge >= 0.3 is 12.1 Å². The first-order valence-electron chi connectivity index (χ1n) is 14.1.